The fourth-order valence-corrected chi connectivity index (χ4v) is 1.48. The fourth-order valence-electron chi connectivity index (χ4n) is 1.48. The lowest BCUT2D eigenvalue weighted by Gasteiger charge is -2.07. The van der Waals surface area contributed by atoms with Crippen molar-refractivity contribution in [3.63, 3.8) is 0 Å². The summed E-state index contributed by atoms with van der Waals surface area (Å²) in [6, 6.07) is 12.0. The van der Waals surface area contributed by atoms with Crippen LogP contribution in [-0.2, 0) is 0 Å². The molecule has 0 bridgehead atoms. The van der Waals surface area contributed by atoms with Crippen LogP contribution < -0.4 is 11.1 Å². The smallest absolute Gasteiger partial charge is 0.276 e. The summed E-state index contributed by atoms with van der Waals surface area (Å²) in [6.45, 7) is 0. The third-order valence-electron chi connectivity index (χ3n) is 2.35. The second kappa shape index (κ2) is 4.97. The number of nitrogens with two attached hydrogens (primary N) is 1. The highest BCUT2D eigenvalue weighted by atomic mass is 16.1. The number of hydrogen-bond acceptors (Lipinski definition) is 4. The Labute approximate surface area is 104 Å². The Balaban J connectivity index is 2.28. The molecule has 5 heteroatoms. The molecule has 0 aliphatic heterocycles. The maximum absolute atomic E-state index is 11.9. The lowest BCUT2D eigenvalue weighted by atomic mass is 10.2. The summed E-state index contributed by atoms with van der Waals surface area (Å²) in [5.74, 6) is -0.434. The Bertz CT molecular complexity index is 631. The standard InChI is InChI=1S/C13H10N4O/c14-8-9-4-1-2-6-11(9)17-13(18)12-10(15)5-3-7-16-12/h1-7H,15H2,(H,17,18). The monoisotopic (exact) mass is 238 g/mol. The van der Waals surface area contributed by atoms with Crippen LogP contribution in [0.15, 0.2) is 42.6 Å². The Hall–Kier alpha value is -2.87. The molecule has 0 aliphatic carbocycles. The molecule has 1 aromatic heterocycles. The third kappa shape index (κ3) is 2.28. The molecule has 1 amide bonds. The number of benzene rings is 1. The number of pyridine rings is 1. The van der Waals surface area contributed by atoms with Crippen LogP contribution in [0.5, 0.6) is 0 Å². The first-order valence-electron chi connectivity index (χ1n) is 5.23. The molecule has 0 saturated heterocycles. The van der Waals surface area contributed by atoms with Gasteiger partial charge in [0.15, 0.2) is 5.69 Å². The molecule has 0 radical (unpaired) electrons. The number of carbonyl (C=O) groups excluding carboxylic acids is 1. The van der Waals surface area contributed by atoms with Crippen molar-refractivity contribution in [3.05, 3.63) is 53.9 Å². The number of rotatable bonds is 2. The molecule has 0 spiro atoms. The molecule has 1 aromatic carbocycles. The summed E-state index contributed by atoms with van der Waals surface area (Å²) in [7, 11) is 0. The normalized spacial score (nSPS) is 9.50. The lowest BCUT2D eigenvalue weighted by Crippen LogP contribution is -2.16. The minimum Gasteiger partial charge on any atom is -0.397 e. The number of hydrogen-bond donors (Lipinski definition) is 2. The van der Waals surface area contributed by atoms with Gasteiger partial charge < -0.3 is 11.1 Å². The highest BCUT2D eigenvalue weighted by Crippen LogP contribution is 2.16. The minimum absolute atomic E-state index is 0.144. The number of aromatic nitrogens is 1. The molecule has 5 nitrogen and oxygen atoms in total. The minimum atomic E-state index is -0.434. The molecular weight excluding hydrogens is 228 g/mol. The topological polar surface area (TPSA) is 91.8 Å². The summed E-state index contributed by atoms with van der Waals surface area (Å²) >= 11 is 0. The summed E-state index contributed by atoms with van der Waals surface area (Å²) in [5.41, 5.74) is 6.93. The van der Waals surface area contributed by atoms with E-state index in [4.69, 9.17) is 11.0 Å². The highest BCUT2D eigenvalue weighted by molar-refractivity contribution is 6.06. The Morgan fingerprint density at radius 1 is 1.28 bits per heavy atom. The van der Waals surface area contributed by atoms with Crippen molar-refractivity contribution in [1.82, 2.24) is 4.98 Å². The molecule has 0 saturated carbocycles. The predicted octanol–water partition coefficient (Wildman–Crippen LogP) is 1.79. The number of amides is 1. The van der Waals surface area contributed by atoms with E-state index >= 15 is 0 Å². The van der Waals surface area contributed by atoms with Crippen LogP contribution in [0.3, 0.4) is 0 Å². The molecule has 0 fully saturated rings. The van der Waals surface area contributed by atoms with Crippen LogP contribution in [0.2, 0.25) is 0 Å². The van der Waals surface area contributed by atoms with E-state index in [1.807, 2.05) is 6.07 Å². The van der Waals surface area contributed by atoms with E-state index < -0.39 is 5.91 Å². The average molecular weight is 238 g/mol. The zero-order valence-electron chi connectivity index (χ0n) is 9.42. The zero-order valence-corrected chi connectivity index (χ0v) is 9.42. The second-order valence-electron chi connectivity index (χ2n) is 3.55. The molecule has 3 N–H and O–H groups in total. The van der Waals surface area contributed by atoms with Gasteiger partial charge >= 0.3 is 0 Å². The van der Waals surface area contributed by atoms with Gasteiger partial charge in [-0.25, -0.2) is 4.98 Å². The van der Waals surface area contributed by atoms with Crippen LogP contribution in [0.4, 0.5) is 11.4 Å². The van der Waals surface area contributed by atoms with E-state index in [0.29, 0.717) is 16.9 Å². The van der Waals surface area contributed by atoms with Crippen molar-refractivity contribution >= 4 is 17.3 Å². The van der Waals surface area contributed by atoms with E-state index in [2.05, 4.69) is 10.3 Å². The molecule has 2 rings (SSSR count). The van der Waals surface area contributed by atoms with Gasteiger partial charge in [0.2, 0.25) is 0 Å². The second-order valence-corrected chi connectivity index (χ2v) is 3.55. The van der Waals surface area contributed by atoms with Gasteiger partial charge in [-0.05, 0) is 24.3 Å². The Kier molecular flexibility index (Phi) is 3.21. The highest BCUT2D eigenvalue weighted by Gasteiger charge is 2.12. The first kappa shape index (κ1) is 11.6. The van der Waals surface area contributed by atoms with Crippen molar-refractivity contribution in [3.8, 4) is 6.07 Å². The fraction of sp³-hybridized carbons (Fsp3) is 0. The first-order chi connectivity index (χ1) is 8.72. The molecule has 0 aliphatic rings. The van der Waals surface area contributed by atoms with Crippen LogP contribution in [0.25, 0.3) is 0 Å². The Morgan fingerprint density at radius 2 is 2.06 bits per heavy atom. The zero-order chi connectivity index (χ0) is 13.0. The first-order valence-corrected chi connectivity index (χ1v) is 5.23. The largest absolute Gasteiger partial charge is 0.397 e. The average Bonchev–Trinajstić information content (AvgIpc) is 2.39. The van der Waals surface area contributed by atoms with Gasteiger partial charge in [0.1, 0.15) is 6.07 Å². The van der Waals surface area contributed by atoms with Gasteiger partial charge in [-0.15, -0.1) is 0 Å². The number of para-hydroxylation sites is 1. The van der Waals surface area contributed by atoms with Gasteiger partial charge in [0, 0.05) is 6.20 Å². The van der Waals surface area contributed by atoms with Crippen molar-refractivity contribution in [2.24, 2.45) is 0 Å². The molecule has 0 unspecified atom stereocenters. The molecule has 1 heterocycles. The quantitative estimate of drug-likeness (QED) is 0.834. The van der Waals surface area contributed by atoms with E-state index in [-0.39, 0.29) is 5.69 Å². The predicted molar refractivity (Wildman–Crippen MR) is 67.8 cm³/mol. The molecule has 2 aromatic rings. The molecule has 18 heavy (non-hydrogen) atoms. The van der Waals surface area contributed by atoms with Crippen molar-refractivity contribution in [1.29, 1.82) is 5.26 Å². The number of nitrogens with one attached hydrogen (secondary N) is 1. The van der Waals surface area contributed by atoms with Gasteiger partial charge in [0.05, 0.1) is 16.9 Å². The Morgan fingerprint density at radius 3 is 2.78 bits per heavy atom. The molecular formula is C13H10N4O. The number of carbonyl (C=O) groups is 1. The van der Waals surface area contributed by atoms with Crippen molar-refractivity contribution < 1.29 is 4.79 Å². The van der Waals surface area contributed by atoms with Crippen LogP contribution >= 0.6 is 0 Å². The lowest BCUT2D eigenvalue weighted by molar-refractivity contribution is 0.102. The maximum atomic E-state index is 11.9. The maximum Gasteiger partial charge on any atom is 0.276 e. The van der Waals surface area contributed by atoms with Crippen molar-refractivity contribution in [2.75, 3.05) is 11.1 Å². The van der Waals surface area contributed by atoms with E-state index in [1.165, 1.54) is 6.20 Å². The number of anilines is 2. The third-order valence-corrected chi connectivity index (χ3v) is 2.35. The van der Waals surface area contributed by atoms with Gasteiger partial charge in [-0.3, -0.25) is 4.79 Å². The summed E-state index contributed by atoms with van der Waals surface area (Å²) in [5, 5.41) is 11.5. The van der Waals surface area contributed by atoms with Crippen molar-refractivity contribution in [2.45, 2.75) is 0 Å². The summed E-state index contributed by atoms with van der Waals surface area (Å²) < 4.78 is 0. The van der Waals surface area contributed by atoms with Crippen LogP contribution in [-0.4, -0.2) is 10.9 Å². The van der Waals surface area contributed by atoms with E-state index in [1.54, 1.807) is 36.4 Å². The number of nitrogen functional groups attached to an aromatic ring is 1. The van der Waals surface area contributed by atoms with Crippen LogP contribution in [0, 0.1) is 11.3 Å². The van der Waals surface area contributed by atoms with E-state index in [0.717, 1.165) is 0 Å². The van der Waals surface area contributed by atoms with Crippen LogP contribution in [0.1, 0.15) is 16.1 Å². The van der Waals surface area contributed by atoms with Gasteiger partial charge in [0.25, 0.3) is 5.91 Å². The number of nitriles is 1. The van der Waals surface area contributed by atoms with Gasteiger partial charge in [-0.1, -0.05) is 12.1 Å². The summed E-state index contributed by atoms with van der Waals surface area (Å²) in [6.07, 6.45) is 1.49. The molecule has 0 atom stereocenters. The van der Waals surface area contributed by atoms with E-state index in [9.17, 15) is 4.79 Å². The number of nitrogens with zero attached hydrogens (tertiary/aromatic N) is 2. The SMILES string of the molecule is N#Cc1ccccc1NC(=O)c1ncccc1N. The molecule has 88 valence electrons. The van der Waals surface area contributed by atoms with Gasteiger partial charge in [-0.2, -0.15) is 5.26 Å². The summed E-state index contributed by atoms with van der Waals surface area (Å²) in [4.78, 5) is 15.8.